The summed E-state index contributed by atoms with van der Waals surface area (Å²) in [4.78, 5) is 15.5. The number of likely N-dealkylation sites (N-methyl/N-ethyl adjacent to an activating group) is 1. The van der Waals surface area contributed by atoms with E-state index in [9.17, 15) is 4.79 Å². The minimum absolute atomic E-state index is 0.128. The Kier molecular flexibility index (Phi) is 5.52. The predicted octanol–water partition coefficient (Wildman–Crippen LogP) is 2.46. The predicted molar refractivity (Wildman–Crippen MR) is 85.7 cm³/mol. The first-order chi connectivity index (χ1) is 10.1. The number of H-pyrrole nitrogens is 1. The van der Waals surface area contributed by atoms with Gasteiger partial charge in [0.2, 0.25) is 0 Å². The highest BCUT2D eigenvalue weighted by Crippen LogP contribution is 2.22. The maximum atomic E-state index is 12.2. The van der Waals surface area contributed by atoms with E-state index in [0.29, 0.717) is 12.2 Å². The lowest BCUT2D eigenvalue weighted by atomic mass is 10.2. The highest BCUT2D eigenvalue weighted by atomic mass is 32.1. The SMILES string of the molecule is CCCc1cc(C(=O)NCC(c2cccs2)N(C)C)n[nH]1. The molecule has 114 valence electrons. The molecule has 21 heavy (non-hydrogen) atoms. The summed E-state index contributed by atoms with van der Waals surface area (Å²) in [6.45, 7) is 2.67. The summed E-state index contributed by atoms with van der Waals surface area (Å²) in [5.74, 6) is -0.128. The lowest BCUT2D eigenvalue weighted by Crippen LogP contribution is -2.34. The van der Waals surface area contributed by atoms with Gasteiger partial charge >= 0.3 is 0 Å². The van der Waals surface area contributed by atoms with Crippen molar-refractivity contribution in [2.24, 2.45) is 0 Å². The summed E-state index contributed by atoms with van der Waals surface area (Å²) < 4.78 is 0. The van der Waals surface area contributed by atoms with E-state index in [1.165, 1.54) is 4.88 Å². The topological polar surface area (TPSA) is 61.0 Å². The lowest BCUT2D eigenvalue weighted by Gasteiger charge is -2.23. The maximum Gasteiger partial charge on any atom is 0.271 e. The van der Waals surface area contributed by atoms with Gasteiger partial charge in [-0.2, -0.15) is 5.10 Å². The van der Waals surface area contributed by atoms with Crippen LogP contribution >= 0.6 is 11.3 Å². The minimum atomic E-state index is -0.128. The van der Waals surface area contributed by atoms with E-state index in [1.54, 1.807) is 11.3 Å². The van der Waals surface area contributed by atoms with Crippen LogP contribution in [0.2, 0.25) is 0 Å². The molecule has 0 bridgehead atoms. The van der Waals surface area contributed by atoms with Crippen LogP contribution in [0.1, 0.15) is 40.4 Å². The molecule has 1 atom stereocenters. The second-order valence-corrected chi connectivity index (χ2v) is 6.21. The molecule has 0 aliphatic rings. The molecule has 0 aliphatic carbocycles. The van der Waals surface area contributed by atoms with Crippen molar-refractivity contribution < 1.29 is 4.79 Å². The third-order valence-corrected chi connectivity index (χ3v) is 4.31. The van der Waals surface area contributed by atoms with Gasteiger partial charge in [0.05, 0.1) is 6.04 Å². The molecule has 2 aromatic rings. The number of rotatable bonds is 7. The number of hydrogen-bond acceptors (Lipinski definition) is 4. The molecule has 2 N–H and O–H groups in total. The fraction of sp³-hybridized carbons (Fsp3) is 0.467. The Hall–Kier alpha value is -1.66. The molecule has 0 spiro atoms. The Morgan fingerprint density at radius 2 is 2.33 bits per heavy atom. The minimum Gasteiger partial charge on any atom is -0.349 e. The molecule has 5 nitrogen and oxygen atoms in total. The number of nitrogens with one attached hydrogen (secondary N) is 2. The normalized spacial score (nSPS) is 12.6. The first kappa shape index (κ1) is 15.7. The van der Waals surface area contributed by atoms with E-state index >= 15 is 0 Å². The summed E-state index contributed by atoms with van der Waals surface area (Å²) in [5.41, 5.74) is 1.47. The Balaban J connectivity index is 1.95. The highest BCUT2D eigenvalue weighted by Gasteiger charge is 2.17. The lowest BCUT2D eigenvalue weighted by molar-refractivity contribution is 0.0937. The molecular weight excluding hydrogens is 284 g/mol. The van der Waals surface area contributed by atoms with Crippen LogP contribution in [0, 0.1) is 0 Å². The van der Waals surface area contributed by atoms with Crippen molar-refractivity contribution in [1.29, 1.82) is 0 Å². The van der Waals surface area contributed by atoms with Crippen molar-refractivity contribution in [3.8, 4) is 0 Å². The number of aromatic amines is 1. The molecule has 1 unspecified atom stereocenters. The van der Waals surface area contributed by atoms with Gasteiger partial charge in [-0.25, -0.2) is 0 Å². The quantitative estimate of drug-likeness (QED) is 0.826. The van der Waals surface area contributed by atoms with Crippen molar-refractivity contribution in [3.05, 3.63) is 39.8 Å². The van der Waals surface area contributed by atoms with Crippen LogP contribution in [-0.2, 0) is 6.42 Å². The van der Waals surface area contributed by atoms with Gasteiger partial charge in [0.25, 0.3) is 5.91 Å². The van der Waals surface area contributed by atoms with Crippen LogP contribution in [0.15, 0.2) is 23.6 Å². The van der Waals surface area contributed by atoms with E-state index < -0.39 is 0 Å². The molecule has 0 saturated carbocycles. The molecule has 2 rings (SSSR count). The second-order valence-electron chi connectivity index (χ2n) is 5.23. The average molecular weight is 306 g/mol. The standard InChI is InChI=1S/C15H22N4OS/c1-4-6-11-9-12(18-17-11)15(20)16-10-13(19(2)3)14-7-5-8-21-14/h5,7-9,13H,4,6,10H2,1-3H3,(H,16,20)(H,17,18). The van der Waals surface area contributed by atoms with Crippen LogP contribution in [0.5, 0.6) is 0 Å². The van der Waals surface area contributed by atoms with Crippen molar-refractivity contribution in [2.45, 2.75) is 25.8 Å². The van der Waals surface area contributed by atoms with Gasteiger partial charge in [-0.1, -0.05) is 19.4 Å². The van der Waals surface area contributed by atoms with Gasteiger partial charge in [-0.15, -0.1) is 11.3 Å². The summed E-state index contributed by atoms with van der Waals surface area (Å²) in [6.07, 6.45) is 1.94. The van der Waals surface area contributed by atoms with Gasteiger partial charge in [0.15, 0.2) is 0 Å². The number of amides is 1. The Morgan fingerprint density at radius 3 is 2.95 bits per heavy atom. The number of carbonyl (C=O) groups is 1. The molecule has 0 saturated heterocycles. The van der Waals surface area contributed by atoms with Crippen LogP contribution < -0.4 is 5.32 Å². The van der Waals surface area contributed by atoms with E-state index in [-0.39, 0.29) is 11.9 Å². The number of aryl methyl sites for hydroxylation is 1. The summed E-state index contributed by atoms with van der Waals surface area (Å²) in [7, 11) is 4.04. The molecule has 0 fully saturated rings. The number of aromatic nitrogens is 2. The molecule has 0 radical (unpaired) electrons. The zero-order valence-electron chi connectivity index (χ0n) is 12.7. The summed E-state index contributed by atoms with van der Waals surface area (Å²) >= 11 is 1.70. The van der Waals surface area contributed by atoms with Gasteiger partial charge in [-0.3, -0.25) is 9.89 Å². The smallest absolute Gasteiger partial charge is 0.271 e. The van der Waals surface area contributed by atoms with Gasteiger partial charge in [0.1, 0.15) is 5.69 Å². The summed E-state index contributed by atoms with van der Waals surface area (Å²) in [6, 6.07) is 6.13. The number of nitrogens with zero attached hydrogens (tertiary/aromatic N) is 2. The molecular formula is C15H22N4OS. The van der Waals surface area contributed by atoms with E-state index in [4.69, 9.17) is 0 Å². The zero-order chi connectivity index (χ0) is 15.2. The van der Waals surface area contributed by atoms with E-state index in [0.717, 1.165) is 18.5 Å². The monoisotopic (exact) mass is 306 g/mol. The first-order valence-electron chi connectivity index (χ1n) is 7.14. The first-order valence-corrected chi connectivity index (χ1v) is 8.02. The Morgan fingerprint density at radius 1 is 1.52 bits per heavy atom. The largest absolute Gasteiger partial charge is 0.349 e. The van der Waals surface area contributed by atoms with Crippen LogP contribution in [-0.4, -0.2) is 41.6 Å². The molecule has 6 heteroatoms. The number of carbonyl (C=O) groups excluding carboxylic acids is 1. The van der Waals surface area contributed by atoms with Crippen molar-refractivity contribution >= 4 is 17.2 Å². The maximum absolute atomic E-state index is 12.2. The molecule has 1 amide bonds. The van der Waals surface area contributed by atoms with Gasteiger partial charge in [-0.05, 0) is 38.0 Å². The van der Waals surface area contributed by atoms with Crippen molar-refractivity contribution in [2.75, 3.05) is 20.6 Å². The zero-order valence-corrected chi connectivity index (χ0v) is 13.5. The highest BCUT2D eigenvalue weighted by molar-refractivity contribution is 7.10. The molecule has 2 heterocycles. The second kappa shape index (κ2) is 7.38. The summed E-state index contributed by atoms with van der Waals surface area (Å²) in [5, 5.41) is 12.0. The molecule has 0 aromatic carbocycles. The average Bonchev–Trinajstić information content (AvgIpc) is 3.10. The van der Waals surface area contributed by atoms with Gasteiger partial charge in [0, 0.05) is 17.1 Å². The number of thiophene rings is 1. The van der Waals surface area contributed by atoms with Crippen LogP contribution in [0.4, 0.5) is 0 Å². The van der Waals surface area contributed by atoms with Crippen LogP contribution in [0.3, 0.4) is 0 Å². The van der Waals surface area contributed by atoms with Crippen molar-refractivity contribution in [3.63, 3.8) is 0 Å². The van der Waals surface area contributed by atoms with Crippen molar-refractivity contribution in [1.82, 2.24) is 20.4 Å². The third-order valence-electron chi connectivity index (χ3n) is 3.33. The Labute approximate surface area is 129 Å². The third kappa shape index (κ3) is 4.15. The fourth-order valence-corrected chi connectivity index (χ4v) is 3.10. The van der Waals surface area contributed by atoms with E-state index in [2.05, 4.69) is 38.8 Å². The Bertz CT molecular complexity index is 562. The van der Waals surface area contributed by atoms with Crippen LogP contribution in [0.25, 0.3) is 0 Å². The molecule has 2 aromatic heterocycles. The van der Waals surface area contributed by atoms with Gasteiger partial charge < -0.3 is 10.2 Å². The number of hydrogen-bond donors (Lipinski definition) is 2. The van der Waals surface area contributed by atoms with E-state index in [1.807, 2.05) is 26.2 Å². The fourth-order valence-electron chi connectivity index (χ4n) is 2.17. The molecule has 0 aliphatic heterocycles.